The van der Waals surface area contributed by atoms with Gasteiger partial charge in [-0.25, -0.2) is 8.42 Å². The number of sulfonamides is 1. The maximum Gasteiger partial charge on any atom is 0.250 e. The van der Waals surface area contributed by atoms with Crippen molar-refractivity contribution in [3.05, 3.63) is 28.8 Å². The van der Waals surface area contributed by atoms with Gasteiger partial charge in [-0.15, -0.1) is 10.2 Å². The van der Waals surface area contributed by atoms with Crippen LogP contribution in [0.15, 0.2) is 22.5 Å². The van der Waals surface area contributed by atoms with Crippen molar-refractivity contribution in [1.29, 1.82) is 0 Å². The van der Waals surface area contributed by atoms with Crippen LogP contribution in [0.25, 0.3) is 0 Å². The number of nitrogens with one attached hydrogen (secondary N) is 1. The quantitative estimate of drug-likeness (QED) is 0.467. The van der Waals surface area contributed by atoms with Crippen LogP contribution in [0.3, 0.4) is 0 Å². The predicted octanol–water partition coefficient (Wildman–Crippen LogP) is 4.18. The summed E-state index contributed by atoms with van der Waals surface area (Å²) in [5, 5.41) is 11.8. The fourth-order valence-electron chi connectivity index (χ4n) is 2.48. The molecule has 1 aromatic heterocycles. The van der Waals surface area contributed by atoms with Crippen LogP contribution < -0.4 is 9.62 Å². The number of hydrogen-bond donors (Lipinski definition) is 1. The number of benzene rings is 1. The van der Waals surface area contributed by atoms with Gasteiger partial charge in [0.05, 0.1) is 11.9 Å². The molecule has 2 aromatic rings. The Bertz CT molecular complexity index is 947. The van der Waals surface area contributed by atoms with Crippen molar-refractivity contribution in [2.24, 2.45) is 0 Å². The Labute approximate surface area is 178 Å². The van der Waals surface area contributed by atoms with Crippen LogP contribution in [0.5, 0.6) is 0 Å². The summed E-state index contributed by atoms with van der Waals surface area (Å²) in [7, 11) is -3.73. The average Bonchev–Trinajstić information content (AvgIpc) is 3.00. The SMILES string of the molecule is CCC(C(=O)Nc1nnc(SC(C)C)s1)N(c1ccc(C)c(Cl)c1)S(C)(=O)=O. The van der Waals surface area contributed by atoms with Gasteiger partial charge in [-0.2, -0.15) is 0 Å². The van der Waals surface area contributed by atoms with Crippen molar-refractivity contribution in [3.63, 3.8) is 0 Å². The first kappa shape index (κ1) is 22.9. The first-order chi connectivity index (χ1) is 13.0. The van der Waals surface area contributed by atoms with E-state index in [1.807, 2.05) is 20.8 Å². The number of aromatic nitrogens is 2. The van der Waals surface area contributed by atoms with E-state index >= 15 is 0 Å². The number of amides is 1. The van der Waals surface area contributed by atoms with Gasteiger partial charge < -0.3 is 0 Å². The summed E-state index contributed by atoms with van der Waals surface area (Å²) in [6, 6.07) is 3.97. The highest BCUT2D eigenvalue weighted by Gasteiger charge is 2.32. The number of aryl methyl sites for hydroxylation is 1. The van der Waals surface area contributed by atoms with Gasteiger partial charge in [-0.05, 0) is 31.0 Å². The van der Waals surface area contributed by atoms with Crippen molar-refractivity contribution in [3.8, 4) is 0 Å². The maximum absolute atomic E-state index is 12.9. The first-order valence-electron chi connectivity index (χ1n) is 8.59. The number of carbonyl (C=O) groups excluding carboxylic acids is 1. The molecule has 28 heavy (non-hydrogen) atoms. The summed E-state index contributed by atoms with van der Waals surface area (Å²) in [5.74, 6) is -0.470. The Kier molecular flexibility index (Phi) is 7.72. The highest BCUT2D eigenvalue weighted by atomic mass is 35.5. The monoisotopic (exact) mass is 462 g/mol. The minimum atomic E-state index is -3.73. The number of hydrogen-bond acceptors (Lipinski definition) is 7. The Hall–Kier alpha value is -1.36. The van der Waals surface area contributed by atoms with Gasteiger partial charge in [-0.3, -0.25) is 14.4 Å². The number of halogens is 1. The summed E-state index contributed by atoms with van der Waals surface area (Å²) in [6.45, 7) is 7.64. The zero-order valence-electron chi connectivity index (χ0n) is 16.3. The molecule has 0 aliphatic heterocycles. The summed E-state index contributed by atoms with van der Waals surface area (Å²) < 4.78 is 26.8. The molecule has 1 atom stereocenters. The van der Waals surface area contributed by atoms with E-state index in [9.17, 15) is 13.2 Å². The molecule has 0 saturated carbocycles. The summed E-state index contributed by atoms with van der Waals surface area (Å²) in [5.41, 5.74) is 1.16. The lowest BCUT2D eigenvalue weighted by atomic mass is 10.1. The lowest BCUT2D eigenvalue weighted by Gasteiger charge is -2.30. The van der Waals surface area contributed by atoms with E-state index in [2.05, 4.69) is 15.5 Å². The van der Waals surface area contributed by atoms with Crippen LogP contribution in [-0.4, -0.2) is 42.1 Å². The molecule has 1 amide bonds. The number of thioether (sulfide) groups is 1. The van der Waals surface area contributed by atoms with Crippen molar-refractivity contribution < 1.29 is 13.2 Å². The van der Waals surface area contributed by atoms with Gasteiger partial charge >= 0.3 is 0 Å². The molecule has 0 aliphatic carbocycles. The Morgan fingerprint density at radius 1 is 1.36 bits per heavy atom. The van der Waals surface area contributed by atoms with Crippen molar-refractivity contribution >= 4 is 61.4 Å². The summed E-state index contributed by atoms with van der Waals surface area (Å²) in [6.07, 6.45) is 1.34. The zero-order chi connectivity index (χ0) is 21.1. The smallest absolute Gasteiger partial charge is 0.250 e. The second kappa shape index (κ2) is 9.43. The molecule has 154 valence electrons. The van der Waals surface area contributed by atoms with Crippen molar-refractivity contribution in [2.75, 3.05) is 15.9 Å². The van der Waals surface area contributed by atoms with Gasteiger partial charge in [0, 0.05) is 10.3 Å². The van der Waals surface area contributed by atoms with Gasteiger partial charge in [0.1, 0.15) is 6.04 Å². The molecule has 11 heteroatoms. The van der Waals surface area contributed by atoms with Gasteiger partial charge in [0.15, 0.2) is 4.34 Å². The highest BCUT2D eigenvalue weighted by molar-refractivity contribution is 8.01. The van der Waals surface area contributed by atoms with E-state index in [0.717, 1.165) is 20.5 Å². The minimum Gasteiger partial charge on any atom is -0.299 e. The predicted molar refractivity (Wildman–Crippen MR) is 117 cm³/mol. The fourth-order valence-corrected chi connectivity index (χ4v) is 5.83. The zero-order valence-corrected chi connectivity index (χ0v) is 19.5. The number of carbonyl (C=O) groups is 1. The second-order valence-corrected chi connectivity index (χ2v) is 11.5. The van der Waals surface area contributed by atoms with Crippen LogP contribution in [-0.2, 0) is 14.8 Å². The van der Waals surface area contributed by atoms with E-state index in [1.54, 1.807) is 36.9 Å². The molecular formula is C17H23ClN4O3S3. The minimum absolute atomic E-state index is 0.275. The van der Waals surface area contributed by atoms with E-state index in [-0.39, 0.29) is 6.42 Å². The Morgan fingerprint density at radius 3 is 2.57 bits per heavy atom. The molecule has 1 unspecified atom stereocenters. The molecule has 0 bridgehead atoms. The highest BCUT2D eigenvalue weighted by Crippen LogP contribution is 2.30. The maximum atomic E-state index is 12.9. The molecule has 7 nitrogen and oxygen atoms in total. The van der Waals surface area contributed by atoms with E-state index < -0.39 is 22.0 Å². The molecule has 0 fully saturated rings. The summed E-state index contributed by atoms with van der Waals surface area (Å²) >= 11 is 8.97. The largest absolute Gasteiger partial charge is 0.299 e. The molecular weight excluding hydrogens is 440 g/mol. The molecule has 0 saturated heterocycles. The van der Waals surface area contributed by atoms with E-state index in [0.29, 0.717) is 21.1 Å². The number of rotatable bonds is 8. The van der Waals surface area contributed by atoms with Crippen molar-refractivity contribution in [1.82, 2.24) is 10.2 Å². The third kappa shape index (κ3) is 5.82. The summed E-state index contributed by atoms with van der Waals surface area (Å²) in [4.78, 5) is 12.9. The Morgan fingerprint density at radius 2 is 2.04 bits per heavy atom. The standard InChI is InChI=1S/C17H23ClN4O3S3/c1-6-14(15(23)19-16-20-21-17(27-16)26-10(2)3)22(28(5,24)25)12-8-7-11(4)13(18)9-12/h7-10,14H,6H2,1-5H3,(H,19,20,23). The molecule has 1 heterocycles. The lowest BCUT2D eigenvalue weighted by Crippen LogP contribution is -2.47. The molecule has 1 N–H and O–H groups in total. The number of nitrogens with zero attached hydrogens (tertiary/aromatic N) is 3. The molecule has 0 radical (unpaired) electrons. The molecule has 0 spiro atoms. The van der Waals surface area contributed by atoms with Crippen molar-refractivity contribution in [2.45, 2.75) is 49.7 Å². The second-order valence-electron chi connectivity index (χ2n) is 6.45. The van der Waals surface area contributed by atoms with E-state index in [4.69, 9.17) is 11.6 Å². The molecule has 2 rings (SSSR count). The molecule has 0 aliphatic rings. The van der Waals surface area contributed by atoms with E-state index in [1.165, 1.54) is 11.3 Å². The lowest BCUT2D eigenvalue weighted by molar-refractivity contribution is -0.117. The third-order valence-corrected chi connectivity index (χ3v) is 7.23. The molecule has 1 aromatic carbocycles. The van der Waals surface area contributed by atoms with Crippen LogP contribution in [0.1, 0.15) is 32.8 Å². The number of anilines is 2. The van der Waals surface area contributed by atoms with Gasteiger partial charge in [0.25, 0.3) is 0 Å². The Balaban J connectivity index is 2.31. The fraction of sp³-hybridized carbons (Fsp3) is 0.471. The van der Waals surface area contributed by atoms with Crippen LogP contribution >= 0.6 is 34.7 Å². The van der Waals surface area contributed by atoms with Crippen LogP contribution in [0.2, 0.25) is 5.02 Å². The van der Waals surface area contributed by atoms with Crippen LogP contribution in [0, 0.1) is 6.92 Å². The topological polar surface area (TPSA) is 92.3 Å². The van der Waals surface area contributed by atoms with Crippen LogP contribution in [0.4, 0.5) is 10.8 Å². The normalized spacial score (nSPS) is 12.8. The van der Waals surface area contributed by atoms with Gasteiger partial charge in [0.2, 0.25) is 21.1 Å². The van der Waals surface area contributed by atoms with Gasteiger partial charge in [-0.1, -0.05) is 61.5 Å². The first-order valence-corrected chi connectivity index (χ1v) is 12.5. The third-order valence-electron chi connectivity index (χ3n) is 3.71. The average molecular weight is 463 g/mol.